The summed E-state index contributed by atoms with van der Waals surface area (Å²) in [5, 5.41) is 4.56. The van der Waals surface area contributed by atoms with E-state index < -0.39 is 12.2 Å². The van der Waals surface area contributed by atoms with Crippen LogP contribution in [0.4, 0.5) is 0 Å². The van der Waals surface area contributed by atoms with Gasteiger partial charge < -0.3 is 24.1 Å². The van der Waals surface area contributed by atoms with Crippen molar-refractivity contribution in [3.8, 4) is 0 Å². The molecule has 0 bridgehead atoms. The Hall–Kier alpha value is -0.0751. The number of thiol groups is 1. The summed E-state index contributed by atoms with van der Waals surface area (Å²) in [5.74, 6) is -0.0715. The highest BCUT2D eigenvalue weighted by molar-refractivity contribution is 8.06. The number of fused-ring (bicyclic) bond motifs is 1. The Morgan fingerprint density at radius 2 is 2.28 bits per heavy atom. The van der Waals surface area contributed by atoms with E-state index in [9.17, 15) is 4.79 Å². The molecule has 2 aliphatic rings. The van der Waals surface area contributed by atoms with Crippen LogP contribution in [0.25, 0.3) is 0 Å². The van der Waals surface area contributed by atoms with Crippen molar-refractivity contribution in [2.24, 2.45) is 5.92 Å². The molecule has 3 unspecified atom stereocenters. The Morgan fingerprint density at radius 3 is 2.83 bits per heavy atom. The molecule has 0 radical (unpaired) electrons. The van der Waals surface area contributed by atoms with Crippen molar-refractivity contribution in [1.82, 2.24) is 0 Å². The molecule has 0 aliphatic carbocycles. The normalized spacial score (nSPS) is 44.7. The number of hydrogen-bond donors (Lipinski definition) is 2. The lowest BCUT2D eigenvalue weighted by Gasteiger charge is -2.45. The van der Waals surface area contributed by atoms with Crippen LogP contribution in [0.5, 0.6) is 0 Å². The maximum atomic E-state index is 10.8. The summed E-state index contributed by atoms with van der Waals surface area (Å²) in [7, 11) is 0. The van der Waals surface area contributed by atoms with Crippen LogP contribution in [0, 0.1) is 5.92 Å². The fraction of sp³-hybridized carbons (Fsp3) is 0.909. The summed E-state index contributed by atoms with van der Waals surface area (Å²) < 4.78 is 29.8. The van der Waals surface area contributed by atoms with Gasteiger partial charge in [0.1, 0.15) is 12.2 Å². The number of aliphatic hydroxyl groups is 1. The first-order valence-electron chi connectivity index (χ1n) is 6.99. The van der Waals surface area contributed by atoms with Gasteiger partial charge in [-0.25, -0.2) is 12.5 Å². The Balaban J connectivity index is 0.000000444. The maximum absolute atomic E-state index is 10.8. The quantitative estimate of drug-likeness (QED) is 0.424. The van der Waals surface area contributed by atoms with E-state index in [0.717, 1.165) is 0 Å². The van der Waals surface area contributed by atoms with Crippen molar-refractivity contribution in [2.75, 3.05) is 6.61 Å². The summed E-state index contributed by atoms with van der Waals surface area (Å²) in [6.45, 7) is 5.59. The third-order valence-electron chi connectivity index (χ3n) is 3.04. The first-order valence-corrected chi connectivity index (χ1v) is 6.52. The van der Waals surface area contributed by atoms with Gasteiger partial charge in [0.15, 0.2) is 19.1 Å². The van der Waals surface area contributed by atoms with Crippen LogP contribution in [0.2, 0.25) is 6.82 Å². The van der Waals surface area contributed by atoms with E-state index in [2.05, 4.69) is 17.6 Å². The Bertz CT molecular complexity index is 310. The first kappa shape index (κ1) is 12.9. The van der Waals surface area contributed by atoms with E-state index in [1.165, 1.54) is 0 Å². The summed E-state index contributed by atoms with van der Waals surface area (Å²) in [6.07, 6.45) is -1.35. The lowest BCUT2D eigenvalue weighted by molar-refractivity contribution is -0.303. The number of aldehydes is 1. The second-order valence-corrected chi connectivity index (χ2v) is 4.88. The number of carbonyl (C=O) groups is 1. The van der Waals surface area contributed by atoms with Crippen molar-refractivity contribution in [3.63, 3.8) is 0 Å². The van der Waals surface area contributed by atoms with Gasteiger partial charge in [-0.15, -0.1) is 0 Å². The minimum atomic E-state index is -0.714. The van der Waals surface area contributed by atoms with Gasteiger partial charge in [0.05, 0.1) is 18.8 Å². The van der Waals surface area contributed by atoms with Crippen LogP contribution in [-0.4, -0.2) is 58.0 Å². The molecule has 2 aliphatic heterocycles. The lowest BCUT2D eigenvalue weighted by Crippen LogP contribution is -2.59. The highest BCUT2D eigenvalue weighted by Crippen LogP contribution is 2.31. The van der Waals surface area contributed by atoms with Gasteiger partial charge in [-0.3, -0.25) is 0 Å². The number of ether oxygens (including phenoxy) is 3. The Morgan fingerprint density at radius 1 is 1.61 bits per heavy atom. The van der Waals surface area contributed by atoms with Crippen LogP contribution in [0.1, 0.15) is 13.8 Å². The van der Waals surface area contributed by atoms with Crippen LogP contribution in [-0.2, 0) is 19.0 Å². The second kappa shape index (κ2) is 7.50. The zero-order valence-corrected chi connectivity index (χ0v) is 11.7. The second-order valence-electron chi connectivity index (χ2n) is 4.36. The summed E-state index contributed by atoms with van der Waals surface area (Å²) in [6, 6.07) is 0. The van der Waals surface area contributed by atoms with Gasteiger partial charge >= 0.3 is 0 Å². The number of carbonyl (C=O) groups excluding carboxylic acids is 1. The predicted octanol–water partition coefficient (Wildman–Crippen LogP) is 0.0269. The molecule has 0 aromatic heterocycles. The highest BCUT2D eigenvalue weighted by Gasteiger charge is 2.46. The molecule has 0 saturated carbocycles. The third-order valence-corrected chi connectivity index (χ3v) is 3.04. The van der Waals surface area contributed by atoms with E-state index in [-0.39, 0.29) is 30.9 Å². The Kier molecular flexibility index (Phi) is 5.39. The summed E-state index contributed by atoms with van der Waals surface area (Å²) >= 11 is 3.63. The standard InChI is InChI=1S/C10H16O5.CH5BS/c1-5-9(12)7(3-11)15-8-4-13-6(2)14-10(5)8;1-2-3/h3,5-10,12H,4H2,1-2H3;2-3H,1H3/t5-,6?,7-,8?,9?,10+;/m1./s1/i12T;2D. The average molecular weight is 279 g/mol. The zero-order chi connectivity index (χ0) is 15.3. The predicted molar refractivity (Wildman–Crippen MR) is 72.2 cm³/mol. The molecular weight excluding hydrogens is 255 g/mol. The molecule has 18 heavy (non-hydrogen) atoms. The number of aliphatic hydroxyl groups excluding tert-OH is 1. The summed E-state index contributed by atoms with van der Waals surface area (Å²) in [5.41, 5.74) is 0. The average Bonchev–Trinajstić information content (AvgIpc) is 2.38. The number of hydrogen-bond acceptors (Lipinski definition) is 6. The topological polar surface area (TPSA) is 65.0 Å². The fourth-order valence-corrected chi connectivity index (χ4v) is 2.13. The molecule has 2 rings (SSSR count). The first-order chi connectivity index (χ1) is 9.40. The largest absolute Gasteiger partial charge is 0.390 e. The molecule has 6 atom stereocenters. The van der Waals surface area contributed by atoms with E-state index in [1.54, 1.807) is 6.82 Å². The minimum absolute atomic E-state index is 0.0715. The highest BCUT2D eigenvalue weighted by atomic mass is 32.1. The van der Waals surface area contributed by atoms with Gasteiger partial charge in [0, 0.05) is 5.92 Å². The molecule has 1 N–H and O–H groups in total. The molecular formula is C11H21BO5S. The molecule has 0 aromatic rings. The summed E-state index contributed by atoms with van der Waals surface area (Å²) in [4.78, 5) is 10.8. The van der Waals surface area contributed by atoms with Crippen molar-refractivity contribution in [3.05, 3.63) is 0 Å². The van der Waals surface area contributed by atoms with E-state index in [0.29, 0.717) is 12.9 Å². The fourth-order valence-electron chi connectivity index (χ4n) is 2.13. The molecule has 0 aromatic carbocycles. The van der Waals surface area contributed by atoms with Crippen molar-refractivity contribution in [1.29, 1.82) is 2.77 Å². The minimum Gasteiger partial charge on any atom is -0.390 e. The smallest absolute Gasteiger partial charge is 0.211 e. The SMILES string of the molecule is [2H]B(C)S.[3H]OC1[C@@H](C)[C@@H]2OC(C)OCC2O[C@@H]1C=O. The molecule has 2 saturated heterocycles. The molecule has 0 spiro atoms. The molecule has 2 fully saturated rings. The molecule has 7 heteroatoms. The monoisotopic (exact) mass is 279 g/mol. The Labute approximate surface area is 117 Å². The van der Waals surface area contributed by atoms with Gasteiger partial charge in [0.2, 0.25) is 1.43 Å². The van der Waals surface area contributed by atoms with Crippen LogP contribution in [0.3, 0.4) is 0 Å². The van der Waals surface area contributed by atoms with Gasteiger partial charge in [0.25, 0.3) is 0 Å². The molecule has 2 heterocycles. The van der Waals surface area contributed by atoms with Crippen LogP contribution >= 0.6 is 12.5 Å². The van der Waals surface area contributed by atoms with Crippen LogP contribution in [0.15, 0.2) is 0 Å². The van der Waals surface area contributed by atoms with E-state index >= 15 is 0 Å². The van der Waals surface area contributed by atoms with E-state index in [4.69, 9.17) is 17.0 Å². The molecule has 104 valence electrons. The van der Waals surface area contributed by atoms with Crippen LogP contribution < -0.4 is 0 Å². The van der Waals surface area contributed by atoms with Gasteiger partial charge in [-0.2, -0.15) is 0 Å². The molecule has 0 amide bonds. The van der Waals surface area contributed by atoms with Crippen molar-refractivity contribution in [2.45, 2.75) is 51.4 Å². The zero-order valence-electron chi connectivity index (χ0n) is 12.8. The third kappa shape index (κ3) is 3.71. The van der Waals surface area contributed by atoms with Gasteiger partial charge in [-0.05, 0) is 8.26 Å². The maximum Gasteiger partial charge on any atom is 0.211 e. The van der Waals surface area contributed by atoms with Crippen molar-refractivity contribution < 1.29 is 24.1 Å². The van der Waals surface area contributed by atoms with E-state index in [1.807, 2.05) is 13.8 Å². The molecule has 5 nitrogen and oxygen atoms in total. The van der Waals surface area contributed by atoms with Gasteiger partial charge in [-0.1, -0.05) is 13.7 Å². The van der Waals surface area contributed by atoms with Crippen molar-refractivity contribution >= 4 is 25.3 Å². The number of rotatable bonds is 2. The lowest BCUT2D eigenvalue weighted by atomic mass is 9.87.